The molecule has 0 heterocycles. The summed E-state index contributed by atoms with van der Waals surface area (Å²) in [5.41, 5.74) is 1.65. The highest BCUT2D eigenvalue weighted by atomic mass is 31.0. The smallest absolute Gasteiger partial charge is 0.0210 e. The summed E-state index contributed by atoms with van der Waals surface area (Å²) >= 11 is 0. The quantitative estimate of drug-likeness (QED) is 0.534. The molecule has 0 saturated heterocycles. The third-order valence-electron chi connectivity index (χ3n) is 2.82. The van der Waals surface area contributed by atoms with Crippen molar-refractivity contribution in [1.29, 1.82) is 0 Å². The Bertz CT molecular complexity index is 94.7. The summed E-state index contributed by atoms with van der Waals surface area (Å²) in [6, 6.07) is 0. The molecule has 2 atom stereocenters. The molecule has 0 amide bonds. The van der Waals surface area contributed by atoms with Crippen LogP contribution in [0.3, 0.4) is 0 Å². The van der Waals surface area contributed by atoms with Crippen molar-refractivity contribution < 1.29 is 0 Å². The van der Waals surface area contributed by atoms with E-state index in [2.05, 4.69) is 23.1 Å². The third kappa shape index (κ3) is 1.29. The first-order chi connectivity index (χ1) is 4.25. The Balaban J connectivity index is 2.39. The Labute approximate surface area is 60.6 Å². The van der Waals surface area contributed by atoms with E-state index in [0.29, 0.717) is 0 Å². The predicted octanol–water partition coefficient (Wildman–Crippen LogP) is 2.83. The maximum Gasteiger partial charge on any atom is -0.0210 e. The lowest BCUT2D eigenvalue weighted by molar-refractivity contribution is 0.458. The summed E-state index contributed by atoms with van der Waals surface area (Å²) in [6.45, 7) is 4.60. The molecule has 0 aromatic rings. The molecular formula is C8H17P. The van der Waals surface area contributed by atoms with Crippen LogP contribution >= 0.6 is 9.24 Å². The van der Waals surface area contributed by atoms with Gasteiger partial charge in [0.15, 0.2) is 0 Å². The van der Waals surface area contributed by atoms with Gasteiger partial charge in [-0.3, -0.25) is 0 Å². The van der Waals surface area contributed by atoms with Gasteiger partial charge >= 0.3 is 0 Å². The van der Waals surface area contributed by atoms with Crippen molar-refractivity contribution in [3.8, 4) is 0 Å². The molecule has 0 spiro atoms. The van der Waals surface area contributed by atoms with Gasteiger partial charge in [0, 0.05) is 0 Å². The van der Waals surface area contributed by atoms with E-state index in [9.17, 15) is 0 Å². The van der Waals surface area contributed by atoms with E-state index in [-0.39, 0.29) is 0 Å². The predicted molar refractivity (Wildman–Crippen MR) is 45.7 cm³/mol. The summed E-state index contributed by atoms with van der Waals surface area (Å²) in [5.74, 6) is 0. The summed E-state index contributed by atoms with van der Waals surface area (Å²) in [5, 5.41) is 0. The minimum absolute atomic E-state index is 0.763. The number of rotatable bonds is 3. The first-order valence-electron chi connectivity index (χ1n) is 4.01. The van der Waals surface area contributed by atoms with Gasteiger partial charge in [-0.1, -0.05) is 13.8 Å². The van der Waals surface area contributed by atoms with Crippen molar-refractivity contribution in [3.05, 3.63) is 0 Å². The van der Waals surface area contributed by atoms with E-state index < -0.39 is 0 Å². The zero-order chi connectivity index (χ0) is 6.91. The maximum absolute atomic E-state index is 2.99. The molecule has 1 aliphatic carbocycles. The summed E-state index contributed by atoms with van der Waals surface area (Å²) < 4.78 is 0. The van der Waals surface area contributed by atoms with Crippen LogP contribution in [0, 0.1) is 5.41 Å². The lowest BCUT2D eigenvalue weighted by Gasteiger charge is -2.19. The second-order valence-corrected chi connectivity index (χ2v) is 4.04. The molecule has 1 heteroatoms. The highest BCUT2D eigenvalue weighted by Gasteiger charge is 2.44. The minimum Gasteiger partial charge on any atom is -0.134 e. The first-order valence-corrected chi connectivity index (χ1v) is 4.67. The van der Waals surface area contributed by atoms with E-state index >= 15 is 0 Å². The second kappa shape index (κ2) is 2.58. The van der Waals surface area contributed by atoms with Gasteiger partial charge in [-0.25, -0.2) is 0 Å². The van der Waals surface area contributed by atoms with Crippen LogP contribution in [-0.2, 0) is 0 Å². The number of hydrogen-bond donors (Lipinski definition) is 0. The van der Waals surface area contributed by atoms with E-state index in [1.54, 1.807) is 0 Å². The third-order valence-corrected chi connectivity index (χ3v) is 4.00. The Morgan fingerprint density at radius 2 is 2.00 bits per heavy atom. The van der Waals surface area contributed by atoms with Crippen LogP contribution in [-0.4, -0.2) is 5.66 Å². The van der Waals surface area contributed by atoms with Gasteiger partial charge in [0.1, 0.15) is 0 Å². The zero-order valence-electron chi connectivity index (χ0n) is 6.48. The fraction of sp³-hybridized carbons (Fsp3) is 1.00. The Morgan fingerprint density at radius 3 is 2.11 bits per heavy atom. The zero-order valence-corrected chi connectivity index (χ0v) is 7.64. The molecule has 1 aliphatic rings. The minimum atomic E-state index is 0.763. The molecule has 1 rings (SSSR count). The molecule has 0 N–H and O–H groups in total. The van der Waals surface area contributed by atoms with Crippen molar-refractivity contribution in [2.75, 3.05) is 0 Å². The molecule has 54 valence electrons. The van der Waals surface area contributed by atoms with Crippen molar-refractivity contribution in [1.82, 2.24) is 0 Å². The average molecular weight is 144 g/mol. The van der Waals surface area contributed by atoms with E-state index in [0.717, 1.165) is 11.1 Å². The fourth-order valence-corrected chi connectivity index (χ4v) is 2.15. The van der Waals surface area contributed by atoms with Crippen LogP contribution in [0.25, 0.3) is 0 Å². The van der Waals surface area contributed by atoms with Crippen molar-refractivity contribution >= 4 is 9.24 Å². The topological polar surface area (TPSA) is 0 Å². The van der Waals surface area contributed by atoms with Gasteiger partial charge in [-0.05, 0) is 36.8 Å². The molecule has 0 aliphatic heterocycles. The SMILES string of the molecule is CCC(P)C1(CC)CC1. The molecule has 0 radical (unpaired) electrons. The van der Waals surface area contributed by atoms with Gasteiger partial charge in [-0.2, -0.15) is 0 Å². The molecule has 9 heavy (non-hydrogen) atoms. The van der Waals surface area contributed by atoms with Crippen LogP contribution in [0.15, 0.2) is 0 Å². The number of hydrogen-bond acceptors (Lipinski definition) is 0. The van der Waals surface area contributed by atoms with Gasteiger partial charge in [0.05, 0.1) is 0 Å². The molecule has 1 saturated carbocycles. The normalized spacial score (nSPS) is 25.7. The van der Waals surface area contributed by atoms with E-state index in [4.69, 9.17) is 0 Å². The molecule has 0 bridgehead atoms. The molecule has 0 aromatic carbocycles. The highest BCUT2D eigenvalue weighted by molar-refractivity contribution is 7.17. The Morgan fingerprint density at radius 1 is 1.44 bits per heavy atom. The average Bonchev–Trinajstić information content (AvgIpc) is 2.66. The summed E-state index contributed by atoms with van der Waals surface area (Å²) in [6.07, 6.45) is 5.67. The van der Waals surface area contributed by atoms with E-state index in [1.165, 1.54) is 25.7 Å². The molecular weight excluding hydrogens is 127 g/mol. The first kappa shape index (κ1) is 7.54. The lowest BCUT2D eigenvalue weighted by Crippen LogP contribution is -2.12. The lowest BCUT2D eigenvalue weighted by atomic mass is 9.97. The fourth-order valence-electron chi connectivity index (χ4n) is 1.58. The van der Waals surface area contributed by atoms with Gasteiger partial charge < -0.3 is 0 Å². The van der Waals surface area contributed by atoms with Crippen LogP contribution in [0.1, 0.15) is 39.5 Å². The van der Waals surface area contributed by atoms with Gasteiger partial charge in [0.25, 0.3) is 0 Å². The highest BCUT2D eigenvalue weighted by Crippen LogP contribution is 2.55. The van der Waals surface area contributed by atoms with Crippen LogP contribution in [0.5, 0.6) is 0 Å². The van der Waals surface area contributed by atoms with Crippen molar-refractivity contribution in [2.45, 2.75) is 45.2 Å². The summed E-state index contributed by atoms with van der Waals surface area (Å²) in [4.78, 5) is 0. The van der Waals surface area contributed by atoms with Crippen LogP contribution in [0.2, 0.25) is 0 Å². The van der Waals surface area contributed by atoms with E-state index in [1.807, 2.05) is 0 Å². The summed E-state index contributed by atoms with van der Waals surface area (Å²) in [7, 11) is 2.99. The largest absolute Gasteiger partial charge is 0.134 e. The van der Waals surface area contributed by atoms with Crippen LogP contribution < -0.4 is 0 Å². The monoisotopic (exact) mass is 144 g/mol. The molecule has 1 fully saturated rings. The Hall–Kier alpha value is 0.430. The molecule has 0 nitrogen and oxygen atoms in total. The standard InChI is InChI=1S/C8H17P/c1-3-7(9)8(4-2)5-6-8/h7H,3-6,9H2,1-2H3. The molecule has 2 unspecified atom stereocenters. The van der Waals surface area contributed by atoms with Gasteiger partial charge in [-0.15, -0.1) is 9.24 Å². The Kier molecular flexibility index (Phi) is 2.16. The maximum atomic E-state index is 2.99. The molecule has 0 aromatic heterocycles. The van der Waals surface area contributed by atoms with Crippen LogP contribution in [0.4, 0.5) is 0 Å². The second-order valence-electron chi connectivity index (χ2n) is 3.23. The van der Waals surface area contributed by atoms with Crippen molar-refractivity contribution in [3.63, 3.8) is 0 Å². The van der Waals surface area contributed by atoms with Crippen molar-refractivity contribution in [2.24, 2.45) is 5.41 Å². The van der Waals surface area contributed by atoms with Gasteiger partial charge in [0.2, 0.25) is 0 Å².